The van der Waals surface area contributed by atoms with Gasteiger partial charge in [-0.3, -0.25) is 0 Å². The van der Waals surface area contributed by atoms with Crippen molar-refractivity contribution in [1.29, 1.82) is 0 Å². The molecule has 3 aliphatic rings. The number of carboxylic acid groups (broad SMARTS) is 1. The second-order valence-electron chi connectivity index (χ2n) is 6.61. The molecule has 1 heterocycles. The van der Waals surface area contributed by atoms with E-state index < -0.39 is 12.0 Å². The van der Waals surface area contributed by atoms with E-state index in [1.54, 1.807) is 12.0 Å². The predicted octanol–water partition coefficient (Wildman–Crippen LogP) is 1.45. The van der Waals surface area contributed by atoms with Gasteiger partial charge in [-0.15, -0.1) is 0 Å². The fraction of sp³-hybridized carbons (Fsp3) is 0.867. The quantitative estimate of drug-likeness (QED) is 0.826. The summed E-state index contributed by atoms with van der Waals surface area (Å²) in [6, 6.07) is -0.743. The molecular weight excluding hydrogens is 272 g/mol. The van der Waals surface area contributed by atoms with Crippen molar-refractivity contribution >= 4 is 12.0 Å². The van der Waals surface area contributed by atoms with E-state index in [0.29, 0.717) is 12.5 Å². The smallest absolute Gasteiger partial charge is 0.326 e. The van der Waals surface area contributed by atoms with E-state index in [0.717, 1.165) is 38.5 Å². The third-order valence-electron chi connectivity index (χ3n) is 5.45. The minimum Gasteiger partial charge on any atom is -0.480 e. The lowest BCUT2D eigenvalue weighted by Crippen LogP contribution is -2.50. The number of urea groups is 1. The molecule has 0 aromatic rings. The molecule has 1 aliphatic heterocycles. The van der Waals surface area contributed by atoms with Gasteiger partial charge in [-0.1, -0.05) is 6.42 Å². The lowest BCUT2D eigenvalue weighted by molar-refractivity contribution is -0.142. The van der Waals surface area contributed by atoms with Crippen LogP contribution in [0.25, 0.3) is 0 Å². The van der Waals surface area contributed by atoms with Gasteiger partial charge in [0.05, 0.1) is 6.10 Å². The van der Waals surface area contributed by atoms with Crippen molar-refractivity contribution in [2.24, 2.45) is 11.8 Å². The van der Waals surface area contributed by atoms with Gasteiger partial charge in [0.25, 0.3) is 0 Å². The van der Waals surface area contributed by atoms with Gasteiger partial charge in [-0.25, -0.2) is 9.59 Å². The van der Waals surface area contributed by atoms with Gasteiger partial charge < -0.3 is 20.1 Å². The van der Waals surface area contributed by atoms with Crippen LogP contribution in [-0.2, 0) is 9.53 Å². The molecule has 0 aromatic carbocycles. The molecular formula is C15H24N2O4. The summed E-state index contributed by atoms with van der Waals surface area (Å²) < 4.78 is 5.31. The number of methoxy groups -OCH3 is 1. The lowest BCUT2D eigenvalue weighted by atomic mass is 9.94. The van der Waals surface area contributed by atoms with Crippen LogP contribution in [0, 0.1) is 11.8 Å². The highest BCUT2D eigenvalue weighted by Gasteiger charge is 2.49. The zero-order valence-electron chi connectivity index (χ0n) is 12.5. The average Bonchev–Trinajstić information content (AvgIpc) is 3.11. The first-order chi connectivity index (χ1) is 10.1. The first kappa shape index (κ1) is 14.6. The maximum Gasteiger partial charge on any atom is 0.326 e. The number of carbonyl (C=O) groups excluding carboxylic acids is 1. The van der Waals surface area contributed by atoms with Gasteiger partial charge in [0, 0.05) is 19.7 Å². The SMILES string of the molecule is COC1CCC(NC(=O)N2CC3CCCC3C2C(=O)O)C1. The van der Waals surface area contributed by atoms with Crippen molar-refractivity contribution in [3.63, 3.8) is 0 Å². The zero-order valence-corrected chi connectivity index (χ0v) is 12.5. The molecule has 0 aromatic heterocycles. The summed E-state index contributed by atoms with van der Waals surface area (Å²) in [6.45, 7) is 0.591. The Labute approximate surface area is 124 Å². The van der Waals surface area contributed by atoms with Crippen LogP contribution < -0.4 is 5.32 Å². The molecule has 2 amide bonds. The Bertz CT molecular complexity index is 428. The number of hydrogen-bond acceptors (Lipinski definition) is 3. The van der Waals surface area contributed by atoms with Crippen molar-refractivity contribution in [3.05, 3.63) is 0 Å². The van der Waals surface area contributed by atoms with Gasteiger partial charge in [0.1, 0.15) is 6.04 Å². The number of aliphatic carboxylic acids is 1. The van der Waals surface area contributed by atoms with Crippen molar-refractivity contribution < 1.29 is 19.4 Å². The standard InChI is InChI=1S/C15H24N2O4/c1-21-11-6-5-10(7-11)16-15(20)17-8-9-3-2-4-12(9)13(17)14(18)19/h9-13H,2-8H2,1H3,(H,16,20)(H,18,19). The molecule has 2 aliphatic carbocycles. The molecule has 3 fully saturated rings. The van der Waals surface area contributed by atoms with E-state index in [1.807, 2.05) is 0 Å². The van der Waals surface area contributed by atoms with Gasteiger partial charge in [-0.05, 0) is 43.9 Å². The summed E-state index contributed by atoms with van der Waals surface area (Å²) >= 11 is 0. The molecule has 0 radical (unpaired) electrons. The van der Waals surface area contributed by atoms with Crippen molar-refractivity contribution in [1.82, 2.24) is 10.2 Å². The number of nitrogens with zero attached hydrogens (tertiary/aromatic N) is 1. The second kappa shape index (κ2) is 5.83. The Morgan fingerprint density at radius 3 is 2.71 bits per heavy atom. The summed E-state index contributed by atoms with van der Waals surface area (Å²) in [5.74, 6) is -0.351. The van der Waals surface area contributed by atoms with Crippen molar-refractivity contribution in [2.45, 2.75) is 56.7 Å². The molecule has 21 heavy (non-hydrogen) atoms. The predicted molar refractivity (Wildman–Crippen MR) is 75.9 cm³/mol. The number of nitrogens with one attached hydrogen (secondary N) is 1. The summed E-state index contributed by atoms with van der Waals surface area (Å²) in [7, 11) is 1.69. The summed E-state index contributed by atoms with van der Waals surface area (Å²) in [6.07, 6.45) is 5.96. The number of rotatable bonds is 3. The van der Waals surface area contributed by atoms with Crippen molar-refractivity contribution in [3.8, 4) is 0 Å². The van der Waals surface area contributed by atoms with Crippen LogP contribution in [0.4, 0.5) is 4.79 Å². The fourth-order valence-electron chi connectivity index (χ4n) is 4.37. The number of ether oxygens (including phenoxy) is 1. The van der Waals surface area contributed by atoms with E-state index in [2.05, 4.69) is 5.32 Å². The lowest BCUT2D eigenvalue weighted by Gasteiger charge is -2.26. The molecule has 6 nitrogen and oxygen atoms in total. The Morgan fingerprint density at radius 1 is 1.24 bits per heavy atom. The third-order valence-corrected chi connectivity index (χ3v) is 5.45. The maximum absolute atomic E-state index is 12.5. The molecule has 1 saturated heterocycles. The number of hydrogen-bond donors (Lipinski definition) is 2. The molecule has 6 heteroatoms. The minimum atomic E-state index is -0.860. The monoisotopic (exact) mass is 296 g/mol. The van der Waals surface area contributed by atoms with E-state index in [4.69, 9.17) is 4.74 Å². The van der Waals surface area contributed by atoms with Crippen LogP contribution in [0.1, 0.15) is 38.5 Å². The van der Waals surface area contributed by atoms with Gasteiger partial charge in [0.15, 0.2) is 0 Å². The summed E-state index contributed by atoms with van der Waals surface area (Å²) in [5, 5.41) is 12.5. The normalized spacial score (nSPS) is 38.5. The number of carboxylic acids is 1. The topological polar surface area (TPSA) is 78.9 Å². The van der Waals surface area contributed by atoms with Crippen LogP contribution in [0.3, 0.4) is 0 Å². The molecule has 118 valence electrons. The van der Waals surface area contributed by atoms with Gasteiger partial charge in [-0.2, -0.15) is 0 Å². The van der Waals surface area contributed by atoms with Crippen molar-refractivity contribution in [2.75, 3.05) is 13.7 Å². The van der Waals surface area contributed by atoms with Gasteiger partial charge in [0.2, 0.25) is 0 Å². The Kier molecular flexibility index (Phi) is 4.06. The molecule has 5 unspecified atom stereocenters. The number of likely N-dealkylation sites (tertiary alicyclic amines) is 1. The minimum absolute atomic E-state index is 0.109. The van der Waals surface area contributed by atoms with Gasteiger partial charge >= 0.3 is 12.0 Å². The van der Waals surface area contributed by atoms with E-state index in [9.17, 15) is 14.7 Å². The Hall–Kier alpha value is -1.30. The van der Waals surface area contributed by atoms with Crippen LogP contribution in [0.2, 0.25) is 0 Å². The molecule has 0 spiro atoms. The zero-order chi connectivity index (χ0) is 15.0. The summed E-state index contributed by atoms with van der Waals surface area (Å²) in [4.78, 5) is 25.6. The highest BCUT2D eigenvalue weighted by atomic mass is 16.5. The van der Waals surface area contributed by atoms with Crippen LogP contribution >= 0.6 is 0 Å². The molecule has 3 rings (SSSR count). The fourth-order valence-corrected chi connectivity index (χ4v) is 4.37. The molecule has 2 N–H and O–H groups in total. The first-order valence-electron chi connectivity index (χ1n) is 7.93. The number of amides is 2. The van der Waals surface area contributed by atoms with Crippen LogP contribution in [0.5, 0.6) is 0 Å². The number of fused-ring (bicyclic) bond motifs is 1. The Balaban J connectivity index is 1.62. The maximum atomic E-state index is 12.5. The van der Waals surface area contributed by atoms with E-state index in [-0.39, 0.29) is 24.1 Å². The first-order valence-corrected chi connectivity index (χ1v) is 7.93. The van der Waals surface area contributed by atoms with Crippen LogP contribution in [0.15, 0.2) is 0 Å². The third kappa shape index (κ3) is 2.73. The van der Waals surface area contributed by atoms with Crippen LogP contribution in [-0.4, -0.2) is 53.8 Å². The highest BCUT2D eigenvalue weighted by Crippen LogP contribution is 2.42. The highest BCUT2D eigenvalue weighted by molar-refractivity contribution is 5.84. The summed E-state index contributed by atoms with van der Waals surface area (Å²) in [5.41, 5.74) is 0. The average molecular weight is 296 g/mol. The largest absolute Gasteiger partial charge is 0.480 e. The second-order valence-corrected chi connectivity index (χ2v) is 6.61. The molecule has 5 atom stereocenters. The Morgan fingerprint density at radius 2 is 2.05 bits per heavy atom. The van der Waals surface area contributed by atoms with E-state index in [1.165, 1.54) is 0 Å². The molecule has 0 bridgehead atoms. The van der Waals surface area contributed by atoms with E-state index >= 15 is 0 Å². The molecule has 2 saturated carbocycles. The number of carbonyl (C=O) groups is 2.